The summed E-state index contributed by atoms with van der Waals surface area (Å²) in [6.07, 6.45) is 0. The second-order valence-corrected chi connectivity index (χ2v) is 3.17. The van der Waals surface area contributed by atoms with E-state index in [0.717, 1.165) is 11.0 Å². The molecule has 3 aromatic rings. The molecule has 74 valence electrons. The fraction of sp³-hybridized carbons (Fsp3) is 0. The number of para-hydroxylation sites is 1. The Morgan fingerprint density at radius 3 is 2.87 bits per heavy atom. The van der Waals surface area contributed by atoms with Crippen LogP contribution in [0.4, 0.5) is 0 Å². The summed E-state index contributed by atoms with van der Waals surface area (Å²) in [7, 11) is 0. The lowest BCUT2D eigenvalue weighted by atomic mass is 10.2. The van der Waals surface area contributed by atoms with Gasteiger partial charge in [-0.05, 0) is 12.1 Å². The van der Waals surface area contributed by atoms with Crippen molar-refractivity contribution in [2.24, 2.45) is 0 Å². The van der Waals surface area contributed by atoms with E-state index >= 15 is 0 Å². The lowest BCUT2D eigenvalue weighted by Crippen LogP contribution is -2.00. The Morgan fingerprint density at radius 2 is 2.13 bits per heavy atom. The highest BCUT2D eigenvalue weighted by atomic mass is 16.3. The zero-order valence-corrected chi connectivity index (χ0v) is 7.65. The van der Waals surface area contributed by atoms with Crippen molar-refractivity contribution in [3.63, 3.8) is 0 Å². The summed E-state index contributed by atoms with van der Waals surface area (Å²) in [5.74, 6) is 0.964. The normalized spacial score (nSPS) is 10.9. The molecule has 0 atom stereocenters. The Kier molecular flexibility index (Phi) is 1.53. The maximum absolute atomic E-state index is 10.9. The average molecular weight is 201 g/mol. The topological polar surface area (TPSA) is 74.7 Å². The highest BCUT2D eigenvalue weighted by Crippen LogP contribution is 2.24. The van der Waals surface area contributed by atoms with E-state index in [9.17, 15) is 4.79 Å². The zero-order chi connectivity index (χ0) is 10.3. The van der Waals surface area contributed by atoms with Gasteiger partial charge in [0, 0.05) is 5.39 Å². The lowest BCUT2D eigenvalue weighted by Gasteiger charge is -1.85. The first-order valence-electron chi connectivity index (χ1n) is 4.46. The summed E-state index contributed by atoms with van der Waals surface area (Å²) < 4.78 is 5.51. The minimum absolute atomic E-state index is 0.342. The van der Waals surface area contributed by atoms with Gasteiger partial charge in [0.05, 0.1) is 0 Å². The van der Waals surface area contributed by atoms with Crippen LogP contribution in [-0.4, -0.2) is 15.2 Å². The van der Waals surface area contributed by atoms with Crippen LogP contribution in [0.1, 0.15) is 0 Å². The number of H-pyrrole nitrogens is 2. The first-order chi connectivity index (χ1) is 7.33. The standard InChI is InChI=1S/C10H7N3O2/c14-10-11-9(12-13-10)8-5-6-3-1-2-4-7(6)15-8/h1-5H,(H2,11,12,13,14). The van der Waals surface area contributed by atoms with Gasteiger partial charge in [-0.1, -0.05) is 18.2 Å². The van der Waals surface area contributed by atoms with Gasteiger partial charge < -0.3 is 4.42 Å². The molecule has 1 aromatic carbocycles. The number of fused-ring (bicyclic) bond motifs is 1. The van der Waals surface area contributed by atoms with Gasteiger partial charge in [-0.3, -0.25) is 4.98 Å². The van der Waals surface area contributed by atoms with Crippen LogP contribution in [0.5, 0.6) is 0 Å². The quantitative estimate of drug-likeness (QED) is 0.626. The van der Waals surface area contributed by atoms with Gasteiger partial charge >= 0.3 is 5.69 Å². The van der Waals surface area contributed by atoms with Crippen LogP contribution in [-0.2, 0) is 0 Å². The van der Waals surface area contributed by atoms with Gasteiger partial charge in [-0.25, -0.2) is 9.89 Å². The van der Waals surface area contributed by atoms with E-state index in [1.54, 1.807) is 0 Å². The molecule has 2 heterocycles. The van der Waals surface area contributed by atoms with Crippen LogP contribution in [0.2, 0.25) is 0 Å². The van der Waals surface area contributed by atoms with Crippen LogP contribution in [0.3, 0.4) is 0 Å². The predicted octanol–water partition coefficient (Wildman–Crippen LogP) is 1.51. The van der Waals surface area contributed by atoms with E-state index in [4.69, 9.17) is 4.42 Å². The smallest absolute Gasteiger partial charge is 0.341 e. The van der Waals surface area contributed by atoms with Crippen LogP contribution >= 0.6 is 0 Å². The van der Waals surface area contributed by atoms with Crippen molar-refractivity contribution >= 4 is 11.0 Å². The first kappa shape index (κ1) is 8.05. The molecule has 2 N–H and O–H groups in total. The monoisotopic (exact) mass is 201 g/mol. The van der Waals surface area contributed by atoms with E-state index < -0.39 is 0 Å². The van der Waals surface area contributed by atoms with Crippen LogP contribution in [0.15, 0.2) is 39.5 Å². The minimum atomic E-state index is -0.342. The van der Waals surface area contributed by atoms with Gasteiger partial charge in [0.25, 0.3) is 0 Å². The molecular formula is C10H7N3O2. The molecule has 0 unspecified atom stereocenters. The van der Waals surface area contributed by atoms with Gasteiger partial charge in [-0.2, -0.15) is 0 Å². The van der Waals surface area contributed by atoms with E-state index in [1.165, 1.54) is 0 Å². The molecule has 0 saturated heterocycles. The van der Waals surface area contributed by atoms with E-state index in [0.29, 0.717) is 11.6 Å². The SMILES string of the molecule is O=c1[nH]nc(-c2cc3ccccc3o2)[nH]1. The molecule has 0 saturated carbocycles. The van der Waals surface area contributed by atoms with Crippen LogP contribution in [0, 0.1) is 0 Å². The van der Waals surface area contributed by atoms with Crippen LogP contribution < -0.4 is 5.69 Å². The third-order valence-electron chi connectivity index (χ3n) is 2.16. The van der Waals surface area contributed by atoms with E-state index in [-0.39, 0.29) is 5.69 Å². The van der Waals surface area contributed by atoms with Crippen LogP contribution in [0.25, 0.3) is 22.6 Å². The third kappa shape index (κ3) is 1.25. The summed E-state index contributed by atoms with van der Waals surface area (Å²) in [5, 5.41) is 7.07. The molecule has 0 amide bonds. The second kappa shape index (κ2) is 2.84. The molecular weight excluding hydrogens is 194 g/mol. The Labute approximate surface area is 83.7 Å². The number of nitrogens with one attached hydrogen (secondary N) is 2. The molecule has 0 spiro atoms. The minimum Gasteiger partial charge on any atom is -0.453 e. The summed E-state index contributed by atoms with van der Waals surface area (Å²) in [6, 6.07) is 9.45. The lowest BCUT2D eigenvalue weighted by molar-refractivity contribution is 0.625. The number of furan rings is 1. The fourth-order valence-corrected chi connectivity index (χ4v) is 1.49. The maximum Gasteiger partial charge on any atom is 0.341 e. The summed E-state index contributed by atoms with van der Waals surface area (Å²) in [4.78, 5) is 13.4. The summed E-state index contributed by atoms with van der Waals surface area (Å²) in [6.45, 7) is 0. The highest BCUT2D eigenvalue weighted by molar-refractivity contribution is 5.81. The van der Waals surface area contributed by atoms with Crippen molar-refractivity contribution in [3.05, 3.63) is 40.8 Å². The van der Waals surface area contributed by atoms with Crippen molar-refractivity contribution in [2.75, 3.05) is 0 Å². The van der Waals surface area contributed by atoms with Gasteiger partial charge in [-0.15, -0.1) is 5.10 Å². The molecule has 2 aromatic heterocycles. The summed E-state index contributed by atoms with van der Waals surface area (Å²) in [5.41, 5.74) is 0.432. The highest BCUT2D eigenvalue weighted by Gasteiger charge is 2.08. The van der Waals surface area contributed by atoms with Crippen molar-refractivity contribution in [1.82, 2.24) is 15.2 Å². The van der Waals surface area contributed by atoms with Gasteiger partial charge in [0.2, 0.25) is 0 Å². The Morgan fingerprint density at radius 1 is 1.27 bits per heavy atom. The molecule has 0 aliphatic carbocycles. The number of rotatable bonds is 1. The van der Waals surface area contributed by atoms with Crippen molar-refractivity contribution < 1.29 is 4.42 Å². The number of nitrogens with zero attached hydrogens (tertiary/aromatic N) is 1. The average Bonchev–Trinajstić information content (AvgIpc) is 2.82. The second-order valence-electron chi connectivity index (χ2n) is 3.17. The Bertz CT molecular complexity index is 629. The Hall–Kier alpha value is -2.30. The molecule has 5 heteroatoms. The predicted molar refractivity (Wildman–Crippen MR) is 54.4 cm³/mol. The van der Waals surface area contributed by atoms with E-state index in [2.05, 4.69) is 15.2 Å². The first-order valence-corrected chi connectivity index (χ1v) is 4.46. The summed E-state index contributed by atoms with van der Waals surface area (Å²) >= 11 is 0. The van der Waals surface area contributed by atoms with E-state index in [1.807, 2.05) is 30.3 Å². The zero-order valence-electron chi connectivity index (χ0n) is 7.65. The number of aromatic nitrogens is 3. The van der Waals surface area contributed by atoms with Crippen molar-refractivity contribution in [2.45, 2.75) is 0 Å². The largest absolute Gasteiger partial charge is 0.453 e. The van der Waals surface area contributed by atoms with Crippen molar-refractivity contribution in [1.29, 1.82) is 0 Å². The molecule has 0 aliphatic rings. The molecule has 5 nitrogen and oxygen atoms in total. The Balaban J connectivity index is 2.24. The molecule has 0 bridgehead atoms. The number of aromatic amines is 2. The van der Waals surface area contributed by atoms with Gasteiger partial charge in [0.15, 0.2) is 11.6 Å². The van der Waals surface area contributed by atoms with Crippen molar-refractivity contribution in [3.8, 4) is 11.6 Å². The molecule has 0 radical (unpaired) electrons. The van der Waals surface area contributed by atoms with Gasteiger partial charge in [0.1, 0.15) is 5.58 Å². The molecule has 15 heavy (non-hydrogen) atoms. The number of benzene rings is 1. The molecule has 0 fully saturated rings. The fourth-order valence-electron chi connectivity index (χ4n) is 1.49. The third-order valence-corrected chi connectivity index (χ3v) is 2.16. The number of hydrogen-bond donors (Lipinski definition) is 2. The molecule has 3 rings (SSSR count). The molecule has 0 aliphatic heterocycles. The number of hydrogen-bond acceptors (Lipinski definition) is 3. The maximum atomic E-state index is 10.9.